The molecule has 0 heterocycles. The Bertz CT molecular complexity index is 414. The molecular formula is C7H6BF3N3S-. The van der Waals surface area contributed by atoms with Crippen LogP contribution in [0.25, 0.3) is 10.4 Å². The number of benzene rings is 1. The van der Waals surface area contributed by atoms with Gasteiger partial charge in [0.05, 0.1) is 6.54 Å². The molecule has 0 radical (unpaired) electrons. The fourth-order valence-electron chi connectivity index (χ4n) is 1.09. The van der Waals surface area contributed by atoms with Crippen molar-refractivity contribution < 1.29 is 12.9 Å². The minimum atomic E-state index is -5.05. The molecule has 1 rings (SSSR count). The molecule has 0 amide bonds. The monoisotopic (exact) mass is 232 g/mol. The van der Waals surface area contributed by atoms with Crippen LogP contribution in [0, 0.1) is 0 Å². The summed E-state index contributed by atoms with van der Waals surface area (Å²) in [6.07, 6.45) is 0. The van der Waals surface area contributed by atoms with Gasteiger partial charge in [-0.25, -0.2) is 0 Å². The average Bonchev–Trinajstić information content (AvgIpc) is 2.12. The number of halogens is 3. The molecule has 0 saturated heterocycles. The third-order valence-corrected chi connectivity index (χ3v) is 1.95. The molecule has 0 aromatic heterocycles. The molecule has 1 aromatic carbocycles. The second-order valence-corrected chi connectivity index (χ2v) is 3.41. The van der Waals surface area contributed by atoms with E-state index >= 15 is 0 Å². The normalized spacial score (nSPS) is 10.9. The van der Waals surface area contributed by atoms with E-state index in [1.165, 1.54) is 6.07 Å². The van der Waals surface area contributed by atoms with Crippen molar-refractivity contribution in [1.82, 2.24) is 0 Å². The van der Waals surface area contributed by atoms with Crippen LogP contribution in [0.15, 0.2) is 28.2 Å². The molecule has 3 nitrogen and oxygen atoms in total. The Morgan fingerprint density at radius 3 is 2.53 bits per heavy atom. The van der Waals surface area contributed by atoms with Crippen LogP contribution < -0.4 is 5.46 Å². The Morgan fingerprint density at radius 1 is 1.33 bits per heavy atom. The molecule has 8 heteroatoms. The summed E-state index contributed by atoms with van der Waals surface area (Å²) in [6.45, 7) is -5.15. The first-order valence-corrected chi connectivity index (χ1v) is 4.42. The van der Waals surface area contributed by atoms with Gasteiger partial charge in [-0.2, -0.15) is 0 Å². The molecule has 0 bridgehead atoms. The lowest BCUT2D eigenvalue weighted by molar-refractivity contribution is 0.500. The number of rotatable bonds is 3. The van der Waals surface area contributed by atoms with Crippen molar-refractivity contribution in [1.29, 1.82) is 0 Å². The second-order valence-electron chi connectivity index (χ2n) is 2.90. The molecule has 0 saturated carbocycles. The Labute approximate surface area is 89.4 Å². The van der Waals surface area contributed by atoms with E-state index < -0.39 is 12.4 Å². The third kappa shape index (κ3) is 3.41. The summed E-state index contributed by atoms with van der Waals surface area (Å²) in [5.41, 5.74) is 7.62. The molecule has 0 fully saturated rings. The molecule has 0 aliphatic heterocycles. The quantitative estimate of drug-likeness (QED) is 0.274. The molecule has 0 spiro atoms. The van der Waals surface area contributed by atoms with E-state index in [0.29, 0.717) is 5.56 Å². The zero-order chi connectivity index (χ0) is 11.5. The van der Waals surface area contributed by atoms with E-state index in [1.54, 1.807) is 0 Å². The third-order valence-electron chi connectivity index (χ3n) is 1.69. The van der Waals surface area contributed by atoms with Crippen LogP contribution in [0.4, 0.5) is 12.9 Å². The van der Waals surface area contributed by atoms with E-state index in [-0.39, 0.29) is 11.4 Å². The van der Waals surface area contributed by atoms with Gasteiger partial charge in [0.25, 0.3) is 0 Å². The second kappa shape index (κ2) is 4.50. The highest BCUT2D eigenvalue weighted by Crippen LogP contribution is 2.15. The van der Waals surface area contributed by atoms with E-state index in [0.717, 1.165) is 12.1 Å². The van der Waals surface area contributed by atoms with Gasteiger partial charge in [-0.1, -0.05) is 17.2 Å². The molecular weight excluding hydrogens is 226 g/mol. The first-order chi connectivity index (χ1) is 6.93. The maximum absolute atomic E-state index is 12.4. The number of hydrogen-bond donors (Lipinski definition) is 1. The summed E-state index contributed by atoms with van der Waals surface area (Å²) >= 11 is 3.85. The average molecular weight is 232 g/mol. The number of hydrogen-bond acceptors (Lipinski definition) is 2. The zero-order valence-corrected chi connectivity index (χ0v) is 8.33. The van der Waals surface area contributed by atoms with Gasteiger partial charge in [0, 0.05) is 9.81 Å². The standard InChI is InChI=1S/C7H6BF3N3S/c9-8(10,11)6-1-5(4-13-14-12)2-7(15)3-6/h1-3,15H,4H2/q-1. The maximum Gasteiger partial charge on any atom is 0.509 e. The predicted octanol–water partition coefficient (Wildman–Crippen LogP) is 2.84. The van der Waals surface area contributed by atoms with Crippen LogP contribution in [0.1, 0.15) is 5.56 Å². The van der Waals surface area contributed by atoms with Crippen molar-refractivity contribution >= 4 is 25.1 Å². The van der Waals surface area contributed by atoms with Gasteiger partial charge < -0.3 is 12.9 Å². The van der Waals surface area contributed by atoms with Crippen molar-refractivity contribution in [2.75, 3.05) is 0 Å². The van der Waals surface area contributed by atoms with Crippen molar-refractivity contribution in [2.24, 2.45) is 5.11 Å². The van der Waals surface area contributed by atoms with Gasteiger partial charge >= 0.3 is 6.98 Å². The van der Waals surface area contributed by atoms with Gasteiger partial charge in [0.2, 0.25) is 0 Å². The van der Waals surface area contributed by atoms with E-state index in [4.69, 9.17) is 5.53 Å². The van der Waals surface area contributed by atoms with Crippen LogP contribution in [-0.2, 0) is 6.54 Å². The lowest BCUT2D eigenvalue weighted by Gasteiger charge is -2.16. The highest BCUT2D eigenvalue weighted by molar-refractivity contribution is 7.80. The molecule has 0 N–H and O–H groups in total. The molecule has 1 aromatic rings. The highest BCUT2D eigenvalue weighted by atomic mass is 32.1. The number of azide groups is 1. The smallest absolute Gasteiger partial charge is 0.445 e. The van der Waals surface area contributed by atoms with Crippen molar-refractivity contribution in [2.45, 2.75) is 11.4 Å². The SMILES string of the molecule is [N-]=[N+]=NCc1cc(S)cc([B-](F)(F)F)c1. The number of nitrogens with zero attached hydrogens (tertiary/aromatic N) is 3. The van der Waals surface area contributed by atoms with Crippen LogP contribution in [0.2, 0.25) is 0 Å². The van der Waals surface area contributed by atoms with Gasteiger partial charge in [-0.15, -0.1) is 18.1 Å². The zero-order valence-electron chi connectivity index (χ0n) is 7.44. The minimum absolute atomic E-state index is 0.107. The van der Waals surface area contributed by atoms with Crippen molar-refractivity contribution in [3.8, 4) is 0 Å². The summed E-state index contributed by atoms with van der Waals surface area (Å²) in [4.78, 5) is 2.68. The summed E-state index contributed by atoms with van der Waals surface area (Å²) in [5.74, 6) is 0. The summed E-state index contributed by atoms with van der Waals surface area (Å²) in [5, 5.41) is 3.19. The van der Waals surface area contributed by atoms with Crippen LogP contribution in [0.5, 0.6) is 0 Å². The van der Waals surface area contributed by atoms with E-state index in [2.05, 4.69) is 22.7 Å². The molecule has 15 heavy (non-hydrogen) atoms. The lowest BCUT2D eigenvalue weighted by atomic mass is 9.79. The highest BCUT2D eigenvalue weighted by Gasteiger charge is 2.25. The van der Waals surface area contributed by atoms with Gasteiger partial charge in [0.1, 0.15) is 0 Å². The first-order valence-electron chi connectivity index (χ1n) is 3.97. The van der Waals surface area contributed by atoms with Crippen LogP contribution >= 0.6 is 12.6 Å². The Kier molecular flexibility index (Phi) is 3.54. The molecule has 0 aliphatic carbocycles. The largest absolute Gasteiger partial charge is 0.509 e. The first kappa shape index (κ1) is 11.8. The number of thiol groups is 1. The Balaban J connectivity index is 3.10. The van der Waals surface area contributed by atoms with Gasteiger partial charge in [-0.3, -0.25) is 0 Å². The fourth-order valence-corrected chi connectivity index (χ4v) is 1.41. The van der Waals surface area contributed by atoms with Crippen molar-refractivity contribution in [3.05, 3.63) is 34.2 Å². The summed E-state index contributed by atoms with van der Waals surface area (Å²) < 4.78 is 37.2. The predicted molar refractivity (Wildman–Crippen MR) is 55.3 cm³/mol. The summed E-state index contributed by atoms with van der Waals surface area (Å²) in [6, 6.07) is 3.35. The molecule has 0 unspecified atom stereocenters. The lowest BCUT2D eigenvalue weighted by Crippen LogP contribution is -2.34. The van der Waals surface area contributed by atoms with Gasteiger partial charge in [0.15, 0.2) is 0 Å². The summed E-state index contributed by atoms with van der Waals surface area (Å²) in [7, 11) is 0. The van der Waals surface area contributed by atoms with E-state index in [9.17, 15) is 12.9 Å². The van der Waals surface area contributed by atoms with Crippen LogP contribution in [0.3, 0.4) is 0 Å². The van der Waals surface area contributed by atoms with Gasteiger partial charge in [-0.05, 0) is 17.2 Å². The fraction of sp³-hybridized carbons (Fsp3) is 0.143. The Hall–Kier alpha value is -1.27. The maximum atomic E-state index is 12.4. The molecule has 0 aliphatic rings. The van der Waals surface area contributed by atoms with Crippen LogP contribution in [-0.4, -0.2) is 6.98 Å². The molecule has 80 valence electrons. The molecule has 0 atom stereocenters. The topological polar surface area (TPSA) is 48.8 Å². The van der Waals surface area contributed by atoms with Crippen molar-refractivity contribution in [3.63, 3.8) is 0 Å². The van der Waals surface area contributed by atoms with E-state index in [1.807, 2.05) is 0 Å². The minimum Gasteiger partial charge on any atom is -0.445 e. The Morgan fingerprint density at radius 2 is 2.00 bits per heavy atom.